The molecule has 0 bridgehead atoms. The van der Waals surface area contributed by atoms with Crippen LogP contribution in [0.1, 0.15) is 13.8 Å². The molecule has 1 aliphatic rings. The Morgan fingerprint density at radius 3 is 2.63 bits per heavy atom. The third-order valence-corrected chi connectivity index (χ3v) is 2.96. The second-order valence-corrected chi connectivity index (χ2v) is 4.78. The fourth-order valence-corrected chi connectivity index (χ4v) is 2.17. The smallest absolute Gasteiger partial charge is 0.260 e. The summed E-state index contributed by atoms with van der Waals surface area (Å²) in [7, 11) is 0. The van der Waals surface area contributed by atoms with E-state index in [4.69, 9.17) is 9.47 Å². The molecule has 19 heavy (non-hydrogen) atoms. The Morgan fingerprint density at radius 2 is 2.00 bits per heavy atom. The number of morpholine rings is 1. The molecule has 1 heterocycles. The molecule has 5 heteroatoms. The van der Waals surface area contributed by atoms with Gasteiger partial charge in [0.15, 0.2) is 18.2 Å². The molecule has 104 valence electrons. The molecule has 0 aliphatic carbocycles. The largest absolute Gasteiger partial charge is 0.481 e. The number of benzene rings is 1. The van der Waals surface area contributed by atoms with Crippen molar-refractivity contribution in [3.05, 3.63) is 30.1 Å². The van der Waals surface area contributed by atoms with Crippen LogP contribution in [-0.2, 0) is 9.53 Å². The molecule has 0 radical (unpaired) electrons. The lowest BCUT2D eigenvalue weighted by Gasteiger charge is -2.35. The van der Waals surface area contributed by atoms with E-state index in [0.29, 0.717) is 13.1 Å². The topological polar surface area (TPSA) is 38.8 Å². The van der Waals surface area contributed by atoms with Gasteiger partial charge < -0.3 is 14.4 Å². The Hall–Kier alpha value is -1.62. The SMILES string of the molecule is C[C@@H]1CN(C(=O)COc2ccccc2F)C[C@@H](C)O1. The highest BCUT2D eigenvalue weighted by Gasteiger charge is 2.26. The van der Waals surface area contributed by atoms with E-state index < -0.39 is 5.82 Å². The third kappa shape index (κ3) is 3.67. The summed E-state index contributed by atoms with van der Waals surface area (Å²) in [5.41, 5.74) is 0. The van der Waals surface area contributed by atoms with E-state index >= 15 is 0 Å². The highest BCUT2D eigenvalue weighted by molar-refractivity contribution is 5.78. The predicted molar refractivity (Wildman–Crippen MR) is 68.5 cm³/mol. The first-order valence-electron chi connectivity index (χ1n) is 6.37. The molecule has 1 aromatic carbocycles. The predicted octanol–water partition coefficient (Wildman–Crippen LogP) is 1.84. The van der Waals surface area contributed by atoms with Crippen LogP contribution >= 0.6 is 0 Å². The molecular weight excluding hydrogens is 249 g/mol. The van der Waals surface area contributed by atoms with Crippen molar-refractivity contribution in [1.29, 1.82) is 0 Å². The fourth-order valence-electron chi connectivity index (χ4n) is 2.17. The van der Waals surface area contributed by atoms with E-state index in [-0.39, 0.29) is 30.5 Å². The van der Waals surface area contributed by atoms with Gasteiger partial charge in [-0.2, -0.15) is 0 Å². The number of halogens is 1. The summed E-state index contributed by atoms with van der Waals surface area (Å²) < 4.78 is 24.1. The summed E-state index contributed by atoms with van der Waals surface area (Å²) in [6, 6.07) is 6.06. The van der Waals surface area contributed by atoms with Crippen molar-refractivity contribution >= 4 is 5.91 Å². The average molecular weight is 267 g/mol. The molecule has 0 saturated carbocycles. The lowest BCUT2D eigenvalue weighted by Crippen LogP contribution is -2.49. The maximum atomic E-state index is 13.3. The van der Waals surface area contributed by atoms with Crippen LogP contribution in [0.5, 0.6) is 5.75 Å². The van der Waals surface area contributed by atoms with E-state index in [1.165, 1.54) is 12.1 Å². The monoisotopic (exact) mass is 267 g/mol. The third-order valence-electron chi connectivity index (χ3n) is 2.96. The van der Waals surface area contributed by atoms with Crippen molar-refractivity contribution in [2.45, 2.75) is 26.1 Å². The fraction of sp³-hybridized carbons (Fsp3) is 0.500. The molecule has 1 saturated heterocycles. The van der Waals surface area contributed by atoms with Crippen LogP contribution in [0.15, 0.2) is 24.3 Å². The van der Waals surface area contributed by atoms with E-state index in [1.54, 1.807) is 17.0 Å². The first-order chi connectivity index (χ1) is 9.06. The maximum absolute atomic E-state index is 13.3. The molecule has 2 rings (SSSR count). The summed E-state index contributed by atoms with van der Waals surface area (Å²) in [6.45, 7) is 4.79. The van der Waals surface area contributed by atoms with Crippen molar-refractivity contribution in [2.75, 3.05) is 19.7 Å². The van der Waals surface area contributed by atoms with Gasteiger partial charge in [-0.05, 0) is 26.0 Å². The van der Waals surface area contributed by atoms with Gasteiger partial charge in [-0.15, -0.1) is 0 Å². The Bertz CT molecular complexity index is 442. The first-order valence-corrected chi connectivity index (χ1v) is 6.37. The number of nitrogens with zero attached hydrogens (tertiary/aromatic N) is 1. The number of ether oxygens (including phenoxy) is 2. The van der Waals surface area contributed by atoms with Gasteiger partial charge in [-0.3, -0.25) is 4.79 Å². The molecule has 1 fully saturated rings. The minimum absolute atomic E-state index is 0.0150. The minimum atomic E-state index is -0.459. The van der Waals surface area contributed by atoms with Crippen LogP contribution in [0, 0.1) is 5.82 Å². The first kappa shape index (κ1) is 13.8. The second-order valence-electron chi connectivity index (χ2n) is 4.78. The number of hydrogen-bond donors (Lipinski definition) is 0. The number of amides is 1. The zero-order valence-corrected chi connectivity index (χ0v) is 11.1. The average Bonchev–Trinajstić information content (AvgIpc) is 2.36. The van der Waals surface area contributed by atoms with Crippen molar-refractivity contribution in [3.63, 3.8) is 0 Å². The van der Waals surface area contributed by atoms with E-state index in [1.807, 2.05) is 13.8 Å². The van der Waals surface area contributed by atoms with Crippen LogP contribution in [-0.4, -0.2) is 42.7 Å². The molecule has 1 aliphatic heterocycles. The van der Waals surface area contributed by atoms with Gasteiger partial charge in [0.25, 0.3) is 5.91 Å². The van der Waals surface area contributed by atoms with Gasteiger partial charge in [-0.25, -0.2) is 4.39 Å². The van der Waals surface area contributed by atoms with Crippen LogP contribution in [0.3, 0.4) is 0 Å². The van der Waals surface area contributed by atoms with Gasteiger partial charge in [-0.1, -0.05) is 12.1 Å². The molecule has 4 nitrogen and oxygen atoms in total. The summed E-state index contributed by atoms with van der Waals surface area (Å²) in [5.74, 6) is -0.505. The number of hydrogen-bond acceptors (Lipinski definition) is 3. The van der Waals surface area contributed by atoms with Crippen molar-refractivity contribution in [2.24, 2.45) is 0 Å². The Balaban J connectivity index is 1.89. The van der Waals surface area contributed by atoms with Crippen LogP contribution in [0.25, 0.3) is 0 Å². The normalized spacial score (nSPS) is 23.2. The summed E-state index contributed by atoms with van der Waals surface area (Å²) in [4.78, 5) is 13.7. The molecule has 2 atom stereocenters. The standard InChI is InChI=1S/C14H18FNO3/c1-10-7-16(8-11(2)19-10)14(17)9-18-13-6-4-3-5-12(13)15/h3-6,10-11H,7-9H2,1-2H3/t10-,11-/m1/s1. The molecule has 0 spiro atoms. The Labute approximate surface area is 112 Å². The van der Waals surface area contributed by atoms with Crippen molar-refractivity contribution in [3.8, 4) is 5.75 Å². The number of para-hydroxylation sites is 1. The summed E-state index contributed by atoms with van der Waals surface area (Å²) in [6.07, 6.45) is 0.0299. The maximum Gasteiger partial charge on any atom is 0.260 e. The van der Waals surface area contributed by atoms with Crippen molar-refractivity contribution in [1.82, 2.24) is 4.90 Å². The molecule has 1 amide bonds. The quantitative estimate of drug-likeness (QED) is 0.839. The minimum Gasteiger partial charge on any atom is -0.481 e. The molecule has 0 unspecified atom stereocenters. The second kappa shape index (κ2) is 6.02. The zero-order chi connectivity index (χ0) is 13.8. The Kier molecular flexibility index (Phi) is 4.37. The van der Waals surface area contributed by atoms with Crippen LogP contribution in [0.4, 0.5) is 4.39 Å². The molecule has 0 aromatic heterocycles. The molecule has 0 N–H and O–H groups in total. The van der Waals surface area contributed by atoms with Crippen LogP contribution in [0.2, 0.25) is 0 Å². The lowest BCUT2D eigenvalue weighted by atomic mass is 10.2. The van der Waals surface area contributed by atoms with Gasteiger partial charge in [0.05, 0.1) is 12.2 Å². The highest BCUT2D eigenvalue weighted by atomic mass is 19.1. The summed E-state index contributed by atoms with van der Waals surface area (Å²) >= 11 is 0. The van der Waals surface area contributed by atoms with Crippen LogP contribution < -0.4 is 4.74 Å². The van der Waals surface area contributed by atoms with E-state index in [9.17, 15) is 9.18 Å². The van der Waals surface area contributed by atoms with Gasteiger partial charge in [0.2, 0.25) is 0 Å². The number of carbonyl (C=O) groups excluding carboxylic acids is 1. The van der Waals surface area contributed by atoms with Crippen molar-refractivity contribution < 1.29 is 18.7 Å². The van der Waals surface area contributed by atoms with E-state index in [2.05, 4.69) is 0 Å². The highest BCUT2D eigenvalue weighted by Crippen LogP contribution is 2.16. The van der Waals surface area contributed by atoms with E-state index in [0.717, 1.165) is 0 Å². The van der Waals surface area contributed by atoms with Gasteiger partial charge in [0.1, 0.15) is 0 Å². The van der Waals surface area contributed by atoms with Gasteiger partial charge in [0, 0.05) is 13.1 Å². The summed E-state index contributed by atoms with van der Waals surface area (Å²) in [5, 5.41) is 0. The zero-order valence-electron chi connectivity index (χ0n) is 11.1. The lowest BCUT2D eigenvalue weighted by molar-refractivity contribution is -0.145. The number of rotatable bonds is 3. The van der Waals surface area contributed by atoms with Gasteiger partial charge >= 0.3 is 0 Å². The number of carbonyl (C=O) groups is 1. The Morgan fingerprint density at radius 1 is 1.37 bits per heavy atom. The molecular formula is C14H18FNO3. The molecule has 1 aromatic rings.